The van der Waals surface area contributed by atoms with Gasteiger partial charge < -0.3 is 0 Å². The second kappa shape index (κ2) is 5.19. The van der Waals surface area contributed by atoms with Gasteiger partial charge in [0.05, 0.1) is 32.9 Å². The topological polar surface area (TPSA) is 12.1 Å². The first-order valence-corrected chi connectivity index (χ1v) is 6.02. The van der Waals surface area contributed by atoms with Crippen LogP contribution in [0.2, 0.25) is 0 Å². The van der Waals surface area contributed by atoms with Gasteiger partial charge in [0.1, 0.15) is 5.69 Å². The second-order valence-corrected chi connectivity index (χ2v) is 3.80. The molecule has 3 nitrogen and oxygen atoms in total. The minimum atomic E-state index is 1.05. The number of aromatic nitrogens is 2. The summed E-state index contributed by atoms with van der Waals surface area (Å²) in [5.41, 5.74) is 1.42. The summed E-state index contributed by atoms with van der Waals surface area (Å²) in [7, 11) is 2.14. The van der Waals surface area contributed by atoms with Gasteiger partial charge in [0.15, 0.2) is 0 Å². The van der Waals surface area contributed by atoms with E-state index in [9.17, 15) is 0 Å². The maximum Gasteiger partial charge on any atom is 0.359 e. The van der Waals surface area contributed by atoms with Crippen molar-refractivity contribution in [2.24, 2.45) is 7.05 Å². The summed E-state index contributed by atoms with van der Waals surface area (Å²) in [5, 5.41) is 0. The molecule has 0 radical (unpaired) electrons. The molecule has 86 valence electrons. The molecule has 0 amide bonds. The standard InChI is InChI=1S/C12H24N3/c1-6-11-10-13(5)12(15(11)9-4)14(7-2)8-3/h10H,6-9H2,1-5H3/q+1. The average Bonchev–Trinajstić information content (AvgIpc) is 2.57. The van der Waals surface area contributed by atoms with Crippen LogP contribution in [0.1, 0.15) is 33.4 Å². The molecular formula is C12H24N3+. The molecule has 0 fully saturated rings. The summed E-state index contributed by atoms with van der Waals surface area (Å²) in [6, 6.07) is 0. The smallest absolute Gasteiger partial charge is 0.265 e. The Labute approximate surface area is 93.3 Å². The summed E-state index contributed by atoms with van der Waals surface area (Å²) in [6.45, 7) is 12.0. The quantitative estimate of drug-likeness (QED) is 0.674. The van der Waals surface area contributed by atoms with Crippen LogP contribution in [0.5, 0.6) is 0 Å². The molecule has 0 aliphatic carbocycles. The van der Waals surface area contributed by atoms with E-state index in [2.05, 4.69) is 55.0 Å². The average molecular weight is 210 g/mol. The maximum atomic E-state index is 2.41. The number of aryl methyl sites for hydroxylation is 2. The molecule has 0 aromatic carbocycles. The van der Waals surface area contributed by atoms with Crippen molar-refractivity contribution in [2.45, 2.75) is 40.7 Å². The van der Waals surface area contributed by atoms with Crippen molar-refractivity contribution in [2.75, 3.05) is 18.0 Å². The minimum Gasteiger partial charge on any atom is -0.265 e. The van der Waals surface area contributed by atoms with Crippen LogP contribution in [-0.2, 0) is 20.0 Å². The van der Waals surface area contributed by atoms with Crippen molar-refractivity contribution < 1.29 is 4.57 Å². The monoisotopic (exact) mass is 210 g/mol. The van der Waals surface area contributed by atoms with E-state index in [0.717, 1.165) is 26.1 Å². The van der Waals surface area contributed by atoms with E-state index in [1.807, 2.05) is 0 Å². The molecule has 0 saturated carbocycles. The predicted octanol–water partition coefficient (Wildman–Crippen LogP) is 1.74. The van der Waals surface area contributed by atoms with E-state index in [1.54, 1.807) is 0 Å². The van der Waals surface area contributed by atoms with Crippen LogP contribution < -0.4 is 9.47 Å². The molecule has 0 saturated heterocycles. The van der Waals surface area contributed by atoms with Crippen LogP contribution in [-0.4, -0.2) is 17.7 Å². The largest absolute Gasteiger partial charge is 0.359 e. The lowest BCUT2D eigenvalue weighted by Crippen LogP contribution is -2.38. The Bertz CT molecular complexity index is 311. The van der Waals surface area contributed by atoms with E-state index in [1.165, 1.54) is 11.6 Å². The summed E-state index contributed by atoms with van der Waals surface area (Å²) in [5.74, 6) is 1.33. The third-order valence-corrected chi connectivity index (χ3v) is 2.97. The highest BCUT2D eigenvalue weighted by molar-refractivity contribution is 5.27. The molecule has 0 spiro atoms. The van der Waals surface area contributed by atoms with Gasteiger partial charge in [-0.3, -0.25) is 4.90 Å². The first kappa shape index (κ1) is 12.1. The van der Waals surface area contributed by atoms with Gasteiger partial charge in [0.25, 0.3) is 0 Å². The van der Waals surface area contributed by atoms with E-state index in [4.69, 9.17) is 0 Å². The van der Waals surface area contributed by atoms with Crippen LogP contribution in [0.4, 0.5) is 5.95 Å². The first-order valence-electron chi connectivity index (χ1n) is 6.02. The highest BCUT2D eigenvalue weighted by atomic mass is 15.3. The zero-order chi connectivity index (χ0) is 11.4. The Balaban J connectivity index is 3.19. The maximum absolute atomic E-state index is 2.41. The minimum absolute atomic E-state index is 1.05. The van der Waals surface area contributed by atoms with Crippen molar-refractivity contribution in [1.29, 1.82) is 0 Å². The number of anilines is 1. The molecule has 0 bridgehead atoms. The molecule has 1 heterocycles. The fourth-order valence-corrected chi connectivity index (χ4v) is 2.20. The lowest BCUT2D eigenvalue weighted by Gasteiger charge is -2.15. The fourth-order valence-electron chi connectivity index (χ4n) is 2.20. The van der Waals surface area contributed by atoms with Gasteiger partial charge in [0, 0.05) is 6.42 Å². The molecule has 0 unspecified atom stereocenters. The highest BCUT2D eigenvalue weighted by Gasteiger charge is 2.22. The Kier molecular flexibility index (Phi) is 4.18. The molecule has 0 aliphatic rings. The number of imidazole rings is 1. The summed E-state index contributed by atoms with van der Waals surface area (Å²) in [6.07, 6.45) is 3.35. The van der Waals surface area contributed by atoms with Crippen LogP contribution in [0.3, 0.4) is 0 Å². The van der Waals surface area contributed by atoms with E-state index in [-0.39, 0.29) is 0 Å². The molecule has 0 aliphatic heterocycles. The Morgan fingerprint density at radius 1 is 1.20 bits per heavy atom. The van der Waals surface area contributed by atoms with Crippen LogP contribution in [0.25, 0.3) is 0 Å². The zero-order valence-electron chi connectivity index (χ0n) is 10.7. The van der Waals surface area contributed by atoms with Crippen LogP contribution in [0, 0.1) is 0 Å². The molecule has 0 N–H and O–H groups in total. The van der Waals surface area contributed by atoms with E-state index in [0.29, 0.717) is 0 Å². The second-order valence-electron chi connectivity index (χ2n) is 3.80. The summed E-state index contributed by atoms with van der Waals surface area (Å²) >= 11 is 0. The molecule has 15 heavy (non-hydrogen) atoms. The van der Waals surface area contributed by atoms with Gasteiger partial charge in [-0.05, 0) is 20.8 Å². The number of hydrogen-bond acceptors (Lipinski definition) is 1. The van der Waals surface area contributed by atoms with Crippen molar-refractivity contribution >= 4 is 5.95 Å². The zero-order valence-corrected chi connectivity index (χ0v) is 10.7. The fraction of sp³-hybridized carbons (Fsp3) is 0.750. The SMILES string of the molecule is CCc1c[n+](C)c(N(CC)CC)n1CC. The molecule has 3 heteroatoms. The Morgan fingerprint density at radius 3 is 2.20 bits per heavy atom. The van der Waals surface area contributed by atoms with Gasteiger partial charge in [-0.2, -0.15) is 0 Å². The number of nitrogens with zero attached hydrogens (tertiary/aromatic N) is 3. The van der Waals surface area contributed by atoms with Gasteiger partial charge in [-0.25, -0.2) is 9.13 Å². The molecular weight excluding hydrogens is 186 g/mol. The third kappa shape index (κ3) is 2.16. The molecule has 0 atom stereocenters. The number of hydrogen-bond donors (Lipinski definition) is 0. The first-order chi connectivity index (χ1) is 7.19. The van der Waals surface area contributed by atoms with Crippen LogP contribution >= 0.6 is 0 Å². The highest BCUT2D eigenvalue weighted by Crippen LogP contribution is 2.13. The van der Waals surface area contributed by atoms with Crippen LogP contribution in [0.15, 0.2) is 6.20 Å². The Hall–Kier alpha value is -0.990. The van der Waals surface area contributed by atoms with Gasteiger partial charge in [-0.1, -0.05) is 6.92 Å². The van der Waals surface area contributed by atoms with Gasteiger partial charge in [0.2, 0.25) is 0 Å². The molecule has 1 rings (SSSR count). The molecule has 1 aromatic rings. The lowest BCUT2D eigenvalue weighted by molar-refractivity contribution is -0.658. The van der Waals surface area contributed by atoms with Gasteiger partial charge >= 0.3 is 5.95 Å². The normalized spacial score (nSPS) is 10.7. The van der Waals surface area contributed by atoms with E-state index < -0.39 is 0 Å². The number of rotatable bonds is 5. The van der Waals surface area contributed by atoms with Crippen molar-refractivity contribution in [1.82, 2.24) is 4.57 Å². The Morgan fingerprint density at radius 2 is 1.80 bits per heavy atom. The van der Waals surface area contributed by atoms with E-state index >= 15 is 0 Å². The lowest BCUT2D eigenvalue weighted by atomic mass is 10.3. The van der Waals surface area contributed by atoms with Crippen molar-refractivity contribution in [3.8, 4) is 0 Å². The van der Waals surface area contributed by atoms with Crippen molar-refractivity contribution in [3.05, 3.63) is 11.9 Å². The molecule has 1 aromatic heterocycles. The summed E-state index contributed by atoms with van der Waals surface area (Å²) in [4.78, 5) is 2.41. The third-order valence-electron chi connectivity index (χ3n) is 2.97. The summed E-state index contributed by atoms with van der Waals surface area (Å²) < 4.78 is 4.66. The van der Waals surface area contributed by atoms with Crippen molar-refractivity contribution in [3.63, 3.8) is 0 Å². The predicted molar refractivity (Wildman–Crippen MR) is 64.2 cm³/mol. The van der Waals surface area contributed by atoms with Gasteiger partial charge in [-0.15, -0.1) is 0 Å².